The second-order valence-electron chi connectivity index (χ2n) is 9.41. The SMILES string of the molecule is CNC(=O)c1ccc(N2CC3CCCCC3CCC(=O)N(c3cnc(C#N)c(C(F)(F)F)c3)C2=S)cc1F. The van der Waals surface area contributed by atoms with E-state index in [0.29, 0.717) is 19.0 Å². The van der Waals surface area contributed by atoms with Crippen molar-refractivity contribution < 1.29 is 27.2 Å². The molecule has 0 radical (unpaired) electrons. The fraction of sp³-hybridized carbons (Fsp3) is 0.423. The number of alkyl halides is 3. The molecular weight excluding hydrogens is 522 g/mol. The molecule has 7 nitrogen and oxygen atoms in total. The lowest BCUT2D eigenvalue weighted by Gasteiger charge is -2.37. The van der Waals surface area contributed by atoms with E-state index in [0.717, 1.165) is 42.8 Å². The van der Waals surface area contributed by atoms with Crippen LogP contribution >= 0.6 is 12.2 Å². The van der Waals surface area contributed by atoms with E-state index in [4.69, 9.17) is 17.5 Å². The minimum Gasteiger partial charge on any atom is -0.355 e. The van der Waals surface area contributed by atoms with Crippen molar-refractivity contribution in [1.29, 1.82) is 5.26 Å². The summed E-state index contributed by atoms with van der Waals surface area (Å²) in [6.07, 6.45) is 0.483. The van der Waals surface area contributed by atoms with Gasteiger partial charge in [-0.05, 0) is 61.2 Å². The highest BCUT2D eigenvalue weighted by Crippen LogP contribution is 2.38. The van der Waals surface area contributed by atoms with Gasteiger partial charge >= 0.3 is 6.18 Å². The summed E-state index contributed by atoms with van der Waals surface area (Å²) in [4.78, 5) is 31.6. The Balaban J connectivity index is 1.83. The molecule has 2 atom stereocenters. The highest BCUT2D eigenvalue weighted by Gasteiger charge is 2.38. The summed E-state index contributed by atoms with van der Waals surface area (Å²) in [5.41, 5.74) is -2.25. The largest absolute Gasteiger partial charge is 0.419 e. The molecule has 200 valence electrons. The number of benzene rings is 1. The van der Waals surface area contributed by atoms with Gasteiger partial charge in [0.25, 0.3) is 5.91 Å². The van der Waals surface area contributed by atoms with Crippen molar-refractivity contribution in [2.45, 2.75) is 44.7 Å². The molecule has 2 aliphatic rings. The lowest BCUT2D eigenvalue weighted by molar-refractivity contribution is -0.138. The van der Waals surface area contributed by atoms with Crippen molar-refractivity contribution in [2.24, 2.45) is 11.8 Å². The summed E-state index contributed by atoms with van der Waals surface area (Å²) < 4.78 is 56.0. The van der Waals surface area contributed by atoms with E-state index in [1.54, 1.807) is 4.90 Å². The molecule has 0 spiro atoms. The number of nitrogens with zero attached hydrogens (tertiary/aromatic N) is 4. The number of aromatic nitrogens is 1. The fourth-order valence-electron chi connectivity index (χ4n) is 5.21. The third kappa shape index (κ3) is 5.48. The zero-order valence-corrected chi connectivity index (χ0v) is 21.3. The second-order valence-corrected chi connectivity index (χ2v) is 9.77. The van der Waals surface area contributed by atoms with E-state index in [1.807, 2.05) is 0 Å². The number of hydrogen-bond acceptors (Lipinski definition) is 5. The third-order valence-corrected chi connectivity index (χ3v) is 7.57. The second kappa shape index (κ2) is 11.0. The number of nitriles is 1. The summed E-state index contributed by atoms with van der Waals surface area (Å²) in [6, 6.07) is 6.05. The topological polar surface area (TPSA) is 89.3 Å². The number of amides is 2. The molecule has 4 rings (SSSR count). The number of carbonyl (C=O) groups is 2. The highest BCUT2D eigenvalue weighted by atomic mass is 32.1. The van der Waals surface area contributed by atoms with Crippen molar-refractivity contribution in [3.63, 3.8) is 0 Å². The average molecular weight is 548 g/mol. The Kier molecular flexibility index (Phi) is 7.97. The monoisotopic (exact) mass is 547 g/mol. The summed E-state index contributed by atoms with van der Waals surface area (Å²) >= 11 is 5.69. The highest BCUT2D eigenvalue weighted by molar-refractivity contribution is 7.81. The van der Waals surface area contributed by atoms with Gasteiger partial charge in [0.2, 0.25) is 5.91 Å². The number of rotatable bonds is 3. The number of fused-ring (bicyclic) bond motifs is 1. The molecule has 1 saturated heterocycles. The smallest absolute Gasteiger partial charge is 0.355 e. The van der Waals surface area contributed by atoms with Crippen LogP contribution in [0, 0.1) is 29.0 Å². The molecule has 2 heterocycles. The summed E-state index contributed by atoms with van der Waals surface area (Å²) in [7, 11) is 1.38. The molecule has 1 aliphatic carbocycles. The lowest BCUT2D eigenvalue weighted by atomic mass is 9.76. The van der Waals surface area contributed by atoms with Crippen LogP contribution in [0.15, 0.2) is 30.5 Å². The quantitative estimate of drug-likeness (QED) is 0.420. The van der Waals surface area contributed by atoms with Gasteiger partial charge in [-0.25, -0.2) is 9.37 Å². The maximum Gasteiger partial charge on any atom is 0.419 e. The van der Waals surface area contributed by atoms with Gasteiger partial charge in [-0.15, -0.1) is 0 Å². The number of halogens is 4. The fourth-order valence-corrected chi connectivity index (χ4v) is 5.59. The predicted octanol–water partition coefficient (Wildman–Crippen LogP) is 5.20. The van der Waals surface area contributed by atoms with E-state index in [2.05, 4.69) is 10.3 Å². The number of hydrogen-bond donors (Lipinski definition) is 1. The molecule has 1 aliphatic heterocycles. The Labute approximate surface area is 222 Å². The molecule has 1 N–H and O–H groups in total. The summed E-state index contributed by atoms with van der Waals surface area (Å²) in [6.45, 7) is 0.321. The molecule has 38 heavy (non-hydrogen) atoms. The normalized spacial score (nSPS) is 20.6. The number of carbonyl (C=O) groups excluding carboxylic acids is 2. The van der Waals surface area contributed by atoms with Gasteiger partial charge in [-0.1, -0.05) is 19.3 Å². The van der Waals surface area contributed by atoms with Gasteiger partial charge in [0, 0.05) is 25.7 Å². The molecule has 1 aromatic heterocycles. The minimum absolute atomic E-state index is 0.0560. The zero-order chi connectivity index (χ0) is 27.6. The van der Waals surface area contributed by atoms with E-state index in [9.17, 15) is 27.2 Å². The Morgan fingerprint density at radius 1 is 1.16 bits per heavy atom. The number of nitrogens with one attached hydrogen (secondary N) is 1. The van der Waals surface area contributed by atoms with Gasteiger partial charge in [0.1, 0.15) is 11.9 Å². The van der Waals surface area contributed by atoms with Crippen LogP contribution in [0.1, 0.15) is 60.1 Å². The van der Waals surface area contributed by atoms with Crippen molar-refractivity contribution >= 4 is 40.5 Å². The van der Waals surface area contributed by atoms with Gasteiger partial charge in [0.15, 0.2) is 10.8 Å². The standard InChI is InChI=1S/C26H25F4N5O2S/c1-32-24(37)19-8-7-17(11-21(19)27)34-14-16-5-3-2-4-15(16)6-9-23(36)35(25(34)38)18-10-20(26(28,29)30)22(12-31)33-13-18/h7-8,10-11,13,15-16H,2-6,9,14H2,1H3,(H,32,37). The van der Waals surface area contributed by atoms with Gasteiger partial charge in [0.05, 0.1) is 23.0 Å². The molecule has 1 saturated carbocycles. The van der Waals surface area contributed by atoms with Crippen LogP contribution in [-0.2, 0) is 11.0 Å². The molecule has 2 aromatic rings. The van der Waals surface area contributed by atoms with E-state index in [-0.39, 0.29) is 40.3 Å². The number of pyridine rings is 1. The first-order chi connectivity index (χ1) is 18.0. The molecular formula is C26H25F4N5O2S. The Hall–Kier alpha value is -3.59. The number of thiocarbonyl (C=S) groups is 1. The van der Waals surface area contributed by atoms with E-state index in [1.165, 1.54) is 25.2 Å². The molecule has 12 heteroatoms. The van der Waals surface area contributed by atoms with E-state index < -0.39 is 35.1 Å². The van der Waals surface area contributed by atoms with Crippen LogP contribution in [-0.4, -0.2) is 35.5 Å². The molecule has 1 aromatic carbocycles. The van der Waals surface area contributed by atoms with Crippen molar-refractivity contribution in [1.82, 2.24) is 10.3 Å². The van der Waals surface area contributed by atoms with Crippen LogP contribution in [0.25, 0.3) is 0 Å². The van der Waals surface area contributed by atoms with Crippen LogP contribution in [0.5, 0.6) is 0 Å². The van der Waals surface area contributed by atoms with Crippen LogP contribution in [0.2, 0.25) is 0 Å². The van der Waals surface area contributed by atoms with Crippen molar-refractivity contribution in [3.05, 3.63) is 53.1 Å². The van der Waals surface area contributed by atoms with Crippen LogP contribution in [0.3, 0.4) is 0 Å². The van der Waals surface area contributed by atoms with Crippen LogP contribution in [0.4, 0.5) is 28.9 Å². The summed E-state index contributed by atoms with van der Waals surface area (Å²) in [5, 5.41) is 11.4. The van der Waals surface area contributed by atoms with Crippen LogP contribution < -0.4 is 15.1 Å². The van der Waals surface area contributed by atoms with Gasteiger partial charge < -0.3 is 10.2 Å². The molecule has 2 fully saturated rings. The van der Waals surface area contributed by atoms with Crippen molar-refractivity contribution in [3.8, 4) is 6.07 Å². The van der Waals surface area contributed by atoms with E-state index >= 15 is 0 Å². The zero-order valence-electron chi connectivity index (χ0n) is 20.5. The average Bonchev–Trinajstić information content (AvgIpc) is 2.94. The molecule has 0 bridgehead atoms. The predicted molar refractivity (Wildman–Crippen MR) is 136 cm³/mol. The number of anilines is 2. The van der Waals surface area contributed by atoms with Gasteiger partial charge in [-0.2, -0.15) is 18.4 Å². The molecule has 2 unspecified atom stereocenters. The lowest BCUT2D eigenvalue weighted by Crippen LogP contribution is -2.48. The third-order valence-electron chi connectivity index (χ3n) is 7.16. The van der Waals surface area contributed by atoms with Crippen molar-refractivity contribution in [2.75, 3.05) is 23.4 Å². The first kappa shape index (κ1) is 27.4. The Morgan fingerprint density at radius 3 is 2.50 bits per heavy atom. The van der Waals surface area contributed by atoms with Gasteiger partial charge in [-0.3, -0.25) is 14.5 Å². The molecule has 2 amide bonds. The Morgan fingerprint density at radius 2 is 1.87 bits per heavy atom. The minimum atomic E-state index is -4.88. The maximum absolute atomic E-state index is 15.0. The first-order valence-corrected chi connectivity index (χ1v) is 12.6. The summed E-state index contributed by atoms with van der Waals surface area (Å²) in [5.74, 6) is -1.62. The Bertz CT molecular complexity index is 1310. The maximum atomic E-state index is 15.0. The first-order valence-electron chi connectivity index (χ1n) is 12.2.